The first-order valence-electron chi connectivity index (χ1n) is 10.6. The molecule has 3 aromatic rings. The van der Waals surface area contributed by atoms with Crippen molar-refractivity contribution in [3.8, 4) is 5.69 Å². The Balaban J connectivity index is 1.65. The summed E-state index contributed by atoms with van der Waals surface area (Å²) in [6, 6.07) is 15.9. The van der Waals surface area contributed by atoms with Gasteiger partial charge in [-0.3, -0.25) is 33.7 Å². The third-order valence-corrected chi connectivity index (χ3v) is 7.35. The maximum atomic E-state index is 13.7. The molecule has 2 aromatic carbocycles. The number of carbonyl (C=O) groups is 3. The molecule has 9 nitrogen and oxygen atoms in total. The molecule has 3 amide bonds. The monoisotopic (exact) mass is 505 g/mol. The number of nitrogens with two attached hydrogens (primary N) is 1. The first-order chi connectivity index (χ1) is 16.7. The van der Waals surface area contributed by atoms with Crippen molar-refractivity contribution in [2.45, 2.75) is 6.92 Å². The first kappa shape index (κ1) is 22.8. The molecule has 0 saturated carbocycles. The number of hydrogen-bond acceptors (Lipinski definition) is 6. The summed E-state index contributed by atoms with van der Waals surface area (Å²) in [7, 11) is 1.72. The van der Waals surface area contributed by atoms with Crippen LogP contribution < -0.4 is 21.1 Å². The van der Waals surface area contributed by atoms with Crippen LogP contribution in [0.4, 0.5) is 11.4 Å². The number of aromatic nitrogens is 2. The van der Waals surface area contributed by atoms with Crippen molar-refractivity contribution in [1.82, 2.24) is 9.36 Å². The van der Waals surface area contributed by atoms with Crippen molar-refractivity contribution in [1.29, 1.82) is 0 Å². The first-order valence-corrected chi connectivity index (χ1v) is 11.8. The molecule has 2 aliphatic heterocycles. The number of primary amides is 1. The van der Waals surface area contributed by atoms with Crippen LogP contribution in [0.3, 0.4) is 0 Å². The lowest BCUT2D eigenvalue weighted by Crippen LogP contribution is -2.36. The minimum atomic E-state index is -0.677. The molecule has 35 heavy (non-hydrogen) atoms. The highest BCUT2D eigenvalue weighted by Gasteiger charge is 2.44. The van der Waals surface area contributed by atoms with Crippen LogP contribution in [0.15, 0.2) is 64.3 Å². The normalized spacial score (nSPS) is 17.5. The second-order valence-corrected chi connectivity index (χ2v) is 9.64. The standard InChI is InChI=1S/C24H19N5O4S2/c1-13-19(22(32)29(26(13)2)14-8-4-3-5-9-14)28-23(33)20(35-24(28)34)18-15-10-6-7-11-16(15)27(21(18)31)12-17(25)30/h3-11H,12H2,1-2H3,(H2,25,30). The number of anilines is 2. The van der Waals surface area contributed by atoms with E-state index in [9.17, 15) is 19.2 Å². The van der Waals surface area contributed by atoms with Crippen molar-refractivity contribution in [3.05, 3.63) is 81.1 Å². The Morgan fingerprint density at radius 1 is 1.00 bits per heavy atom. The average Bonchev–Trinajstić information content (AvgIpc) is 3.35. The highest BCUT2D eigenvalue weighted by Crippen LogP contribution is 2.45. The fraction of sp³-hybridized carbons (Fsp3) is 0.125. The molecule has 0 unspecified atom stereocenters. The summed E-state index contributed by atoms with van der Waals surface area (Å²) in [4.78, 5) is 54.6. The highest BCUT2D eigenvalue weighted by atomic mass is 32.2. The second-order valence-electron chi connectivity index (χ2n) is 8.00. The average molecular weight is 506 g/mol. The number of benzene rings is 2. The van der Waals surface area contributed by atoms with Crippen LogP contribution in [-0.4, -0.2) is 38.0 Å². The summed E-state index contributed by atoms with van der Waals surface area (Å²) in [5.41, 5.74) is 7.37. The molecule has 0 aliphatic carbocycles. The third-order valence-electron chi connectivity index (χ3n) is 5.98. The van der Waals surface area contributed by atoms with E-state index >= 15 is 0 Å². The van der Waals surface area contributed by atoms with Crippen LogP contribution >= 0.6 is 24.0 Å². The Bertz CT molecular complexity index is 1540. The summed E-state index contributed by atoms with van der Waals surface area (Å²) in [5.74, 6) is -1.76. The molecule has 2 N–H and O–H groups in total. The molecule has 0 bridgehead atoms. The molecule has 0 spiro atoms. The van der Waals surface area contributed by atoms with Gasteiger partial charge in [-0.15, -0.1) is 0 Å². The van der Waals surface area contributed by atoms with Crippen molar-refractivity contribution >= 4 is 63.0 Å². The summed E-state index contributed by atoms with van der Waals surface area (Å²) < 4.78 is 3.26. The lowest BCUT2D eigenvalue weighted by atomic mass is 10.1. The van der Waals surface area contributed by atoms with Crippen LogP contribution in [0.1, 0.15) is 11.3 Å². The molecule has 1 fully saturated rings. The summed E-state index contributed by atoms with van der Waals surface area (Å²) in [6.07, 6.45) is 0. The number of nitrogens with zero attached hydrogens (tertiary/aromatic N) is 4. The number of para-hydroxylation sites is 2. The van der Waals surface area contributed by atoms with E-state index < -0.39 is 23.3 Å². The fourth-order valence-electron chi connectivity index (χ4n) is 4.34. The van der Waals surface area contributed by atoms with Gasteiger partial charge in [-0.1, -0.05) is 60.4 Å². The van der Waals surface area contributed by atoms with Gasteiger partial charge < -0.3 is 5.73 Å². The number of rotatable bonds is 4. The van der Waals surface area contributed by atoms with Crippen molar-refractivity contribution in [2.75, 3.05) is 16.3 Å². The van der Waals surface area contributed by atoms with Gasteiger partial charge in [0, 0.05) is 12.6 Å². The number of carbonyl (C=O) groups excluding carboxylic acids is 3. The molecule has 0 atom stereocenters. The summed E-state index contributed by atoms with van der Waals surface area (Å²) in [6.45, 7) is 1.41. The van der Waals surface area contributed by atoms with E-state index in [-0.39, 0.29) is 27.0 Å². The quantitative estimate of drug-likeness (QED) is 0.430. The predicted molar refractivity (Wildman–Crippen MR) is 138 cm³/mol. The molecule has 11 heteroatoms. The van der Waals surface area contributed by atoms with Crippen molar-refractivity contribution in [3.63, 3.8) is 0 Å². The van der Waals surface area contributed by atoms with Crippen LogP contribution in [0.25, 0.3) is 11.3 Å². The van der Waals surface area contributed by atoms with E-state index in [1.165, 1.54) is 14.5 Å². The highest BCUT2D eigenvalue weighted by molar-refractivity contribution is 8.27. The minimum absolute atomic E-state index is 0.105. The topological polar surface area (TPSA) is 111 Å². The van der Waals surface area contributed by atoms with E-state index in [2.05, 4.69) is 0 Å². The van der Waals surface area contributed by atoms with Gasteiger partial charge >= 0.3 is 0 Å². The Morgan fingerprint density at radius 2 is 1.66 bits per heavy atom. The number of hydrogen-bond donors (Lipinski definition) is 1. The van der Waals surface area contributed by atoms with Gasteiger partial charge in [-0.2, -0.15) is 0 Å². The largest absolute Gasteiger partial charge is 0.368 e. The third kappa shape index (κ3) is 3.43. The SMILES string of the molecule is Cc1c(N2C(=O)C(=C3C(=O)N(CC(N)=O)c4ccccc43)SC2=S)c(=O)n(-c2ccccc2)n1C. The summed E-state index contributed by atoms with van der Waals surface area (Å²) in [5, 5.41) is 0. The number of thioether (sulfide) groups is 1. The Kier molecular flexibility index (Phi) is 5.45. The van der Waals surface area contributed by atoms with Gasteiger partial charge in [0.2, 0.25) is 5.91 Å². The summed E-state index contributed by atoms with van der Waals surface area (Å²) >= 11 is 6.47. The minimum Gasteiger partial charge on any atom is -0.368 e. The molecule has 1 aromatic heterocycles. The number of fused-ring (bicyclic) bond motifs is 1. The van der Waals surface area contributed by atoms with Crippen LogP contribution in [-0.2, 0) is 21.4 Å². The lowest BCUT2D eigenvalue weighted by Gasteiger charge is -2.14. The lowest BCUT2D eigenvalue weighted by molar-refractivity contribution is -0.119. The van der Waals surface area contributed by atoms with Gasteiger partial charge in [-0.25, -0.2) is 4.68 Å². The molecule has 3 heterocycles. The maximum absolute atomic E-state index is 13.7. The number of thiocarbonyl (C=S) groups is 1. The fourth-order valence-corrected chi connectivity index (χ4v) is 5.68. The van der Waals surface area contributed by atoms with E-state index in [0.29, 0.717) is 22.6 Å². The van der Waals surface area contributed by atoms with E-state index in [1.54, 1.807) is 55.1 Å². The van der Waals surface area contributed by atoms with Crippen LogP contribution in [0, 0.1) is 6.92 Å². The Labute approximate surface area is 209 Å². The zero-order valence-corrected chi connectivity index (χ0v) is 20.4. The smallest absolute Gasteiger partial charge is 0.296 e. The molecule has 1 saturated heterocycles. The molecule has 176 valence electrons. The van der Waals surface area contributed by atoms with Gasteiger partial charge in [0.05, 0.1) is 27.5 Å². The van der Waals surface area contributed by atoms with E-state index in [4.69, 9.17) is 18.0 Å². The van der Waals surface area contributed by atoms with Crippen LogP contribution in [0.2, 0.25) is 0 Å². The molecule has 0 radical (unpaired) electrons. The molecular formula is C24H19N5O4S2. The van der Waals surface area contributed by atoms with Crippen molar-refractivity contribution in [2.24, 2.45) is 12.8 Å². The zero-order valence-electron chi connectivity index (χ0n) is 18.7. The van der Waals surface area contributed by atoms with E-state index in [1.807, 2.05) is 18.2 Å². The maximum Gasteiger partial charge on any atom is 0.296 e. The van der Waals surface area contributed by atoms with Gasteiger partial charge in [0.25, 0.3) is 17.4 Å². The van der Waals surface area contributed by atoms with Gasteiger partial charge in [-0.05, 0) is 25.1 Å². The van der Waals surface area contributed by atoms with Crippen molar-refractivity contribution < 1.29 is 14.4 Å². The Hall–Kier alpha value is -3.96. The van der Waals surface area contributed by atoms with E-state index in [0.717, 1.165) is 11.8 Å². The predicted octanol–water partition coefficient (Wildman–Crippen LogP) is 2.09. The molecular weight excluding hydrogens is 486 g/mol. The second kappa shape index (κ2) is 8.36. The van der Waals surface area contributed by atoms with Crippen LogP contribution in [0.5, 0.6) is 0 Å². The van der Waals surface area contributed by atoms with Gasteiger partial charge in [0.15, 0.2) is 4.32 Å². The zero-order chi connectivity index (χ0) is 25.0. The Morgan fingerprint density at radius 3 is 2.34 bits per heavy atom. The van der Waals surface area contributed by atoms with Gasteiger partial charge in [0.1, 0.15) is 12.2 Å². The molecule has 5 rings (SSSR count). The molecule has 2 aliphatic rings. The number of amides is 3.